The first-order valence-corrected chi connectivity index (χ1v) is 10.9. The van der Waals surface area contributed by atoms with Crippen LogP contribution in [-0.4, -0.2) is 58.4 Å². The molecular weight excluding hydrogens is 477 g/mol. The zero-order valence-electron chi connectivity index (χ0n) is 16.5. The van der Waals surface area contributed by atoms with Crippen molar-refractivity contribution in [3.63, 3.8) is 0 Å². The van der Waals surface area contributed by atoms with E-state index in [1.165, 1.54) is 11.9 Å². The molecule has 0 amide bonds. The van der Waals surface area contributed by atoms with E-state index in [4.69, 9.17) is 0 Å². The number of halogens is 1. The van der Waals surface area contributed by atoms with E-state index in [-0.39, 0.29) is 24.0 Å². The van der Waals surface area contributed by atoms with Crippen LogP contribution in [0.5, 0.6) is 0 Å². The van der Waals surface area contributed by atoms with Crippen molar-refractivity contribution >= 4 is 45.6 Å². The Morgan fingerprint density at radius 1 is 1.30 bits per heavy atom. The van der Waals surface area contributed by atoms with Crippen LogP contribution in [-0.2, 0) is 10.0 Å². The number of rotatable bonds is 7. The quantitative estimate of drug-likeness (QED) is 0.297. The van der Waals surface area contributed by atoms with Gasteiger partial charge in [0.1, 0.15) is 0 Å². The number of hydrogen-bond acceptors (Lipinski definition) is 4. The summed E-state index contributed by atoms with van der Waals surface area (Å²) in [7, 11) is -3.27. The zero-order valence-corrected chi connectivity index (χ0v) is 19.7. The van der Waals surface area contributed by atoms with Gasteiger partial charge < -0.3 is 15.5 Å². The lowest BCUT2D eigenvalue weighted by molar-refractivity contribution is 0.464. The maximum atomic E-state index is 11.5. The molecule has 1 aromatic carbocycles. The molecule has 1 aliphatic rings. The first-order valence-electron chi connectivity index (χ1n) is 9.02. The maximum Gasteiger partial charge on any atom is 0.209 e. The minimum absolute atomic E-state index is 0. The van der Waals surface area contributed by atoms with E-state index in [0.717, 1.165) is 32.0 Å². The third-order valence-electron chi connectivity index (χ3n) is 4.09. The Labute approximate surface area is 180 Å². The number of sulfonamides is 1. The van der Waals surface area contributed by atoms with Gasteiger partial charge in [0.15, 0.2) is 5.96 Å². The minimum Gasteiger partial charge on any atom is -0.369 e. The summed E-state index contributed by atoms with van der Waals surface area (Å²) in [5.41, 5.74) is 0.596. The predicted molar refractivity (Wildman–Crippen MR) is 124 cm³/mol. The fraction of sp³-hybridized carbons (Fsp3) is 0.611. The van der Waals surface area contributed by atoms with E-state index in [1.54, 1.807) is 0 Å². The molecule has 1 saturated heterocycles. The Kier molecular flexibility index (Phi) is 9.29. The van der Waals surface area contributed by atoms with Crippen LogP contribution >= 0.6 is 24.0 Å². The van der Waals surface area contributed by atoms with Crippen molar-refractivity contribution in [2.45, 2.75) is 38.8 Å². The topological polar surface area (TPSA) is 85.8 Å². The van der Waals surface area contributed by atoms with Gasteiger partial charge in [0.2, 0.25) is 10.0 Å². The molecule has 1 fully saturated rings. The molecule has 0 saturated carbocycles. The van der Waals surface area contributed by atoms with E-state index in [9.17, 15) is 8.42 Å². The van der Waals surface area contributed by atoms with Crippen molar-refractivity contribution in [3.05, 3.63) is 30.3 Å². The number of aliphatic imine (C=N–C) groups is 1. The highest BCUT2D eigenvalue weighted by atomic mass is 127. The molecule has 0 aromatic heterocycles. The van der Waals surface area contributed by atoms with Gasteiger partial charge in [-0.1, -0.05) is 18.2 Å². The van der Waals surface area contributed by atoms with Crippen molar-refractivity contribution in [2.24, 2.45) is 4.99 Å². The average molecular weight is 509 g/mol. The summed E-state index contributed by atoms with van der Waals surface area (Å²) in [5.74, 6) is 0.718. The average Bonchev–Trinajstić information content (AvgIpc) is 3.00. The number of nitrogens with one attached hydrogen (secondary N) is 3. The smallest absolute Gasteiger partial charge is 0.209 e. The lowest BCUT2D eigenvalue weighted by atomic mass is 10.1. The highest BCUT2D eigenvalue weighted by Gasteiger charge is 2.25. The van der Waals surface area contributed by atoms with Crippen molar-refractivity contribution in [1.82, 2.24) is 15.4 Å². The second kappa shape index (κ2) is 10.5. The minimum atomic E-state index is -3.27. The molecule has 9 heteroatoms. The lowest BCUT2D eigenvalue weighted by Gasteiger charge is -2.24. The summed E-state index contributed by atoms with van der Waals surface area (Å²) in [4.78, 5) is 6.94. The van der Waals surface area contributed by atoms with Gasteiger partial charge in [-0.15, -0.1) is 24.0 Å². The molecule has 0 spiro atoms. The molecule has 1 aromatic rings. The molecule has 27 heavy (non-hydrogen) atoms. The van der Waals surface area contributed by atoms with Gasteiger partial charge in [0.25, 0.3) is 0 Å². The van der Waals surface area contributed by atoms with Crippen molar-refractivity contribution in [3.8, 4) is 0 Å². The van der Waals surface area contributed by atoms with E-state index in [1.807, 2.05) is 26.8 Å². The molecule has 0 radical (unpaired) electrons. The van der Waals surface area contributed by atoms with E-state index >= 15 is 0 Å². The van der Waals surface area contributed by atoms with Gasteiger partial charge >= 0.3 is 0 Å². The van der Waals surface area contributed by atoms with Crippen LogP contribution < -0.4 is 20.3 Å². The molecule has 0 bridgehead atoms. The maximum absolute atomic E-state index is 11.5. The van der Waals surface area contributed by atoms with Crippen LogP contribution in [0.15, 0.2) is 35.3 Å². The predicted octanol–water partition coefficient (Wildman–Crippen LogP) is 1.77. The van der Waals surface area contributed by atoms with Crippen molar-refractivity contribution in [2.75, 3.05) is 37.3 Å². The summed E-state index contributed by atoms with van der Waals surface area (Å²) in [5, 5.41) is 6.71. The molecule has 0 aliphatic carbocycles. The van der Waals surface area contributed by atoms with Crippen molar-refractivity contribution in [1.29, 1.82) is 0 Å². The fourth-order valence-electron chi connectivity index (χ4n) is 3.08. The van der Waals surface area contributed by atoms with Crippen LogP contribution in [0.4, 0.5) is 5.69 Å². The number of para-hydroxylation sites is 1. The standard InChI is InChI=1S/C18H31N5O2S.HI/c1-5-19-17(20-14-18(2,3)22-26(4,24)25)21-15-11-12-23(13-15)16-9-7-6-8-10-16;/h6-10,15,22H,5,11-14H2,1-4H3,(H2,19,20,21);1H. The first kappa shape index (κ1) is 24.0. The largest absolute Gasteiger partial charge is 0.369 e. The Bertz CT molecular complexity index is 710. The van der Waals surface area contributed by atoms with Crippen LogP contribution in [0, 0.1) is 0 Å². The van der Waals surface area contributed by atoms with Crippen molar-refractivity contribution < 1.29 is 8.42 Å². The second-order valence-electron chi connectivity index (χ2n) is 7.36. The van der Waals surface area contributed by atoms with Gasteiger partial charge in [-0.25, -0.2) is 13.1 Å². The molecule has 154 valence electrons. The van der Waals surface area contributed by atoms with E-state index < -0.39 is 15.6 Å². The monoisotopic (exact) mass is 509 g/mol. The molecule has 7 nitrogen and oxygen atoms in total. The third kappa shape index (κ3) is 8.65. The van der Waals surface area contributed by atoms with E-state index in [2.05, 4.69) is 49.5 Å². The van der Waals surface area contributed by atoms with Crippen LogP contribution in [0.2, 0.25) is 0 Å². The highest BCUT2D eigenvalue weighted by Crippen LogP contribution is 2.19. The van der Waals surface area contributed by atoms with Gasteiger partial charge in [-0.05, 0) is 39.3 Å². The third-order valence-corrected chi connectivity index (χ3v) is 5.01. The number of hydrogen-bond donors (Lipinski definition) is 3. The molecular formula is C18H32IN5O2S. The summed E-state index contributed by atoms with van der Waals surface area (Å²) in [6, 6.07) is 10.7. The lowest BCUT2D eigenvalue weighted by Crippen LogP contribution is -2.48. The van der Waals surface area contributed by atoms with Gasteiger partial charge in [-0.2, -0.15) is 0 Å². The van der Waals surface area contributed by atoms with Gasteiger partial charge in [-0.3, -0.25) is 4.99 Å². The normalized spacial score (nSPS) is 18.1. The Morgan fingerprint density at radius 2 is 1.96 bits per heavy atom. The number of guanidine groups is 1. The molecule has 1 atom stereocenters. The summed E-state index contributed by atoms with van der Waals surface area (Å²) >= 11 is 0. The number of nitrogens with zero attached hydrogens (tertiary/aromatic N) is 2. The first-order chi connectivity index (χ1) is 12.2. The molecule has 1 unspecified atom stereocenters. The molecule has 1 aliphatic heterocycles. The summed E-state index contributed by atoms with van der Waals surface area (Å²) < 4.78 is 25.6. The van der Waals surface area contributed by atoms with Gasteiger partial charge in [0.05, 0.1) is 12.8 Å². The number of anilines is 1. The summed E-state index contributed by atoms with van der Waals surface area (Å²) in [6.07, 6.45) is 2.20. The second-order valence-corrected chi connectivity index (χ2v) is 9.11. The Morgan fingerprint density at radius 3 is 2.56 bits per heavy atom. The molecule has 1 heterocycles. The molecule has 2 rings (SSSR count). The highest BCUT2D eigenvalue weighted by molar-refractivity contribution is 14.0. The van der Waals surface area contributed by atoms with Crippen LogP contribution in [0.3, 0.4) is 0 Å². The Balaban J connectivity index is 0.00000364. The van der Waals surface area contributed by atoms with Gasteiger partial charge in [0, 0.05) is 36.9 Å². The number of benzene rings is 1. The fourth-order valence-corrected chi connectivity index (χ4v) is 4.14. The van der Waals surface area contributed by atoms with E-state index in [0.29, 0.717) is 12.6 Å². The SMILES string of the molecule is CCNC(=NCC(C)(C)NS(C)(=O)=O)NC1CCN(c2ccccc2)C1.I. The van der Waals surface area contributed by atoms with Crippen LogP contribution in [0.25, 0.3) is 0 Å². The van der Waals surface area contributed by atoms with Crippen LogP contribution in [0.1, 0.15) is 27.2 Å². The Hall–Kier alpha value is -1.07. The molecule has 3 N–H and O–H groups in total. The summed E-state index contributed by atoms with van der Waals surface area (Å²) in [6.45, 7) is 8.69. The zero-order chi connectivity index (χ0) is 19.2.